The van der Waals surface area contributed by atoms with Gasteiger partial charge in [0.05, 0.1) is 10.6 Å². The number of anilines is 2. The Morgan fingerprint density at radius 1 is 0.906 bits per heavy atom. The molecule has 0 aliphatic heterocycles. The number of nitrogens with one attached hydrogen (secondary N) is 1. The molecule has 5 nitrogen and oxygen atoms in total. The van der Waals surface area contributed by atoms with Crippen LogP contribution < -0.4 is 9.62 Å². The summed E-state index contributed by atoms with van der Waals surface area (Å²) in [6, 6.07) is 19.0. The van der Waals surface area contributed by atoms with Crippen molar-refractivity contribution < 1.29 is 13.2 Å². The van der Waals surface area contributed by atoms with E-state index in [4.69, 9.17) is 11.6 Å². The van der Waals surface area contributed by atoms with E-state index in [1.807, 2.05) is 32.0 Å². The molecule has 3 aromatic carbocycles. The summed E-state index contributed by atoms with van der Waals surface area (Å²) in [6.07, 6.45) is 1.51. The number of hydrogen-bond donors (Lipinski definition) is 1. The summed E-state index contributed by atoms with van der Waals surface area (Å²) in [5.41, 5.74) is 3.73. The SMILES string of the molecule is CCc1cccc(CC)c1NC(=O)CN(c1cccc(Cl)c1C)S(=O)(=O)c1ccccc1. The molecule has 1 amide bonds. The molecule has 0 saturated heterocycles. The van der Waals surface area contributed by atoms with Gasteiger partial charge in [0, 0.05) is 10.7 Å². The van der Waals surface area contributed by atoms with Crippen molar-refractivity contribution in [2.24, 2.45) is 0 Å². The van der Waals surface area contributed by atoms with Crippen molar-refractivity contribution in [3.8, 4) is 0 Å². The number of amides is 1. The summed E-state index contributed by atoms with van der Waals surface area (Å²) in [6.45, 7) is 5.40. The zero-order valence-corrected chi connectivity index (χ0v) is 20.0. The highest BCUT2D eigenvalue weighted by atomic mass is 35.5. The summed E-state index contributed by atoms with van der Waals surface area (Å²) >= 11 is 6.28. The lowest BCUT2D eigenvalue weighted by Crippen LogP contribution is -2.38. The van der Waals surface area contributed by atoms with Crippen LogP contribution in [0.5, 0.6) is 0 Å². The summed E-state index contributed by atoms with van der Waals surface area (Å²) in [7, 11) is -4.00. The molecule has 0 bridgehead atoms. The van der Waals surface area contributed by atoms with Crippen LogP contribution in [-0.4, -0.2) is 20.9 Å². The third-order valence-corrected chi connectivity index (χ3v) is 7.57. The Morgan fingerprint density at radius 2 is 1.50 bits per heavy atom. The van der Waals surface area contributed by atoms with Gasteiger partial charge >= 0.3 is 0 Å². The van der Waals surface area contributed by atoms with Crippen LogP contribution in [-0.2, 0) is 27.7 Å². The zero-order chi connectivity index (χ0) is 23.3. The number of nitrogens with zero attached hydrogens (tertiary/aromatic N) is 1. The molecular formula is C25H27ClN2O3S. The van der Waals surface area contributed by atoms with Crippen molar-refractivity contribution in [2.45, 2.75) is 38.5 Å². The molecule has 0 heterocycles. The minimum Gasteiger partial charge on any atom is -0.324 e. The van der Waals surface area contributed by atoms with E-state index in [0.717, 1.165) is 34.0 Å². The van der Waals surface area contributed by atoms with E-state index in [1.54, 1.807) is 43.3 Å². The number of carbonyl (C=O) groups excluding carboxylic acids is 1. The first kappa shape index (κ1) is 23.8. The molecule has 168 valence electrons. The highest BCUT2D eigenvalue weighted by Gasteiger charge is 2.29. The molecule has 3 rings (SSSR count). The van der Waals surface area contributed by atoms with Gasteiger partial charge in [0.2, 0.25) is 5.91 Å². The van der Waals surface area contributed by atoms with Crippen molar-refractivity contribution in [1.82, 2.24) is 0 Å². The minimum atomic E-state index is -4.00. The van der Waals surface area contributed by atoms with Gasteiger partial charge in [-0.3, -0.25) is 9.10 Å². The quantitative estimate of drug-likeness (QED) is 0.465. The van der Waals surface area contributed by atoms with Gasteiger partial charge in [0.15, 0.2) is 0 Å². The molecule has 0 unspecified atom stereocenters. The van der Waals surface area contributed by atoms with Crippen LogP contribution in [0.4, 0.5) is 11.4 Å². The Balaban J connectivity index is 2.03. The van der Waals surface area contributed by atoms with Crippen LogP contribution >= 0.6 is 11.6 Å². The lowest BCUT2D eigenvalue weighted by molar-refractivity contribution is -0.114. The Hall–Kier alpha value is -2.83. The first-order chi connectivity index (χ1) is 15.3. The van der Waals surface area contributed by atoms with Crippen molar-refractivity contribution >= 4 is 38.9 Å². The molecule has 0 aliphatic carbocycles. The Kier molecular flexibility index (Phi) is 7.59. The van der Waals surface area contributed by atoms with Crippen molar-refractivity contribution in [1.29, 1.82) is 0 Å². The molecule has 0 atom stereocenters. The average molecular weight is 471 g/mol. The Labute approximate surface area is 195 Å². The summed E-state index contributed by atoms with van der Waals surface area (Å²) in [5.74, 6) is -0.417. The molecule has 0 aromatic heterocycles. The standard InChI is InChI=1S/C25H27ClN2O3S/c1-4-19-11-9-12-20(5-2)25(19)27-24(29)17-28(23-16-10-15-22(26)18(23)3)32(30,31)21-13-7-6-8-14-21/h6-16H,4-5,17H2,1-3H3,(H,27,29). The van der Waals surface area contributed by atoms with Crippen LogP contribution in [0.1, 0.15) is 30.5 Å². The van der Waals surface area contributed by atoms with E-state index in [2.05, 4.69) is 5.32 Å². The second kappa shape index (κ2) is 10.2. The fraction of sp³-hybridized carbons (Fsp3) is 0.240. The van der Waals surface area contributed by atoms with Crippen molar-refractivity contribution in [3.63, 3.8) is 0 Å². The predicted octanol–water partition coefficient (Wildman–Crippen LogP) is 5.61. The average Bonchev–Trinajstić information content (AvgIpc) is 2.80. The second-order valence-corrected chi connectivity index (χ2v) is 9.68. The Morgan fingerprint density at radius 3 is 2.09 bits per heavy atom. The molecule has 32 heavy (non-hydrogen) atoms. The molecule has 0 fully saturated rings. The van der Waals surface area contributed by atoms with Gasteiger partial charge in [-0.15, -0.1) is 0 Å². The smallest absolute Gasteiger partial charge is 0.264 e. The molecule has 0 radical (unpaired) electrons. The van der Waals surface area contributed by atoms with Gasteiger partial charge in [0.25, 0.3) is 10.0 Å². The summed E-state index contributed by atoms with van der Waals surface area (Å²) in [5, 5.41) is 3.39. The van der Waals surface area contributed by atoms with Gasteiger partial charge < -0.3 is 5.32 Å². The molecular weight excluding hydrogens is 444 g/mol. The molecule has 1 N–H and O–H groups in total. The largest absolute Gasteiger partial charge is 0.324 e. The zero-order valence-electron chi connectivity index (χ0n) is 18.4. The van der Waals surface area contributed by atoms with Gasteiger partial charge in [-0.05, 0) is 60.7 Å². The van der Waals surface area contributed by atoms with Crippen LogP contribution in [0.15, 0.2) is 71.6 Å². The highest BCUT2D eigenvalue weighted by Crippen LogP contribution is 2.31. The fourth-order valence-corrected chi connectivity index (χ4v) is 5.27. The number of hydrogen-bond acceptors (Lipinski definition) is 3. The van der Waals surface area contributed by atoms with Gasteiger partial charge in [-0.25, -0.2) is 8.42 Å². The topological polar surface area (TPSA) is 66.5 Å². The van der Waals surface area contributed by atoms with Crippen LogP contribution in [0, 0.1) is 6.92 Å². The lowest BCUT2D eigenvalue weighted by atomic mass is 10.0. The summed E-state index contributed by atoms with van der Waals surface area (Å²) < 4.78 is 28.2. The van der Waals surface area contributed by atoms with E-state index in [-0.39, 0.29) is 11.4 Å². The third kappa shape index (κ3) is 4.97. The number of aryl methyl sites for hydroxylation is 2. The predicted molar refractivity (Wildman–Crippen MR) is 131 cm³/mol. The van der Waals surface area contributed by atoms with E-state index in [0.29, 0.717) is 16.3 Å². The number of carbonyl (C=O) groups is 1. The first-order valence-corrected chi connectivity index (χ1v) is 12.3. The van der Waals surface area contributed by atoms with Gasteiger partial charge in [-0.1, -0.05) is 67.9 Å². The number of para-hydroxylation sites is 1. The maximum atomic E-state index is 13.5. The second-order valence-electron chi connectivity index (χ2n) is 7.42. The van der Waals surface area contributed by atoms with Gasteiger partial charge in [-0.2, -0.15) is 0 Å². The molecule has 0 saturated carbocycles. The maximum absolute atomic E-state index is 13.5. The molecule has 7 heteroatoms. The number of benzene rings is 3. The number of rotatable bonds is 8. The third-order valence-electron chi connectivity index (χ3n) is 5.39. The molecule has 0 spiro atoms. The minimum absolute atomic E-state index is 0.107. The van der Waals surface area contributed by atoms with Gasteiger partial charge in [0.1, 0.15) is 6.54 Å². The van der Waals surface area contributed by atoms with Crippen molar-refractivity contribution in [3.05, 3.63) is 88.4 Å². The molecule has 0 aliphatic rings. The fourth-order valence-electron chi connectivity index (χ4n) is 3.60. The van der Waals surface area contributed by atoms with E-state index < -0.39 is 15.9 Å². The van der Waals surface area contributed by atoms with E-state index in [1.165, 1.54) is 12.1 Å². The van der Waals surface area contributed by atoms with Crippen LogP contribution in [0.25, 0.3) is 0 Å². The van der Waals surface area contributed by atoms with E-state index in [9.17, 15) is 13.2 Å². The van der Waals surface area contributed by atoms with Crippen LogP contribution in [0.3, 0.4) is 0 Å². The molecule has 3 aromatic rings. The normalized spacial score (nSPS) is 11.2. The first-order valence-electron chi connectivity index (χ1n) is 10.5. The monoisotopic (exact) mass is 470 g/mol. The van der Waals surface area contributed by atoms with E-state index >= 15 is 0 Å². The number of sulfonamides is 1. The van der Waals surface area contributed by atoms with Crippen LogP contribution in [0.2, 0.25) is 5.02 Å². The lowest BCUT2D eigenvalue weighted by Gasteiger charge is -2.26. The maximum Gasteiger partial charge on any atom is 0.264 e. The van der Waals surface area contributed by atoms with Crippen molar-refractivity contribution in [2.75, 3.05) is 16.2 Å². The summed E-state index contributed by atoms with van der Waals surface area (Å²) in [4.78, 5) is 13.3. The Bertz CT molecular complexity index is 1190. The number of halogens is 1. The highest BCUT2D eigenvalue weighted by molar-refractivity contribution is 7.92.